The quantitative estimate of drug-likeness (QED) is 0.914. The van der Waals surface area contributed by atoms with Gasteiger partial charge in [0.1, 0.15) is 6.61 Å². The van der Waals surface area contributed by atoms with Gasteiger partial charge < -0.3 is 15.0 Å². The Kier molecular flexibility index (Phi) is 5.13. The first kappa shape index (κ1) is 17.9. The van der Waals surface area contributed by atoms with E-state index >= 15 is 0 Å². The molecule has 0 aromatic heterocycles. The lowest BCUT2D eigenvalue weighted by atomic mass is 9.94. The number of hydrogen-bond acceptors (Lipinski definition) is 3. The summed E-state index contributed by atoms with van der Waals surface area (Å²) in [5.41, 5.74) is 0.771. The Morgan fingerprint density at radius 3 is 2.48 bits per heavy atom. The van der Waals surface area contributed by atoms with Crippen molar-refractivity contribution in [3.8, 4) is 0 Å². The van der Waals surface area contributed by atoms with Gasteiger partial charge in [-0.2, -0.15) is 0 Å². The highest BCUT2D eigenvalue weighted by molar-refractivity contribution is 5.87. The third-order valence-electron chi connectivity index (χ3n) is 5.35. The third kappa shape index (κ3) is 3.71. The highest BCUT2D eigenvalue weighted by Gasteiger charge is 2.44. The number of carbonyl (C=O) groups is 2. The lowest BCUT2D eigenvalue weighted by molar-refractivity contribution is -0.167. The smallest absolute Gasteiger partial charge is 0.252 e. The first-order valence-electron chi connectivity index (χ1n) is 9.21. The molecule has 25 heavy (non-hydrogen) atoms. The number of nitrogens with zero attached hydrogens (tertiary/aromatic N) is 1. The summed E-state index contributed by atoms with van der Waals surface area (Å²) >= 11 is 0. The Bertz CT molecular complexity index is 623. The standard InChI is InChI=1S/C20H28N2O3/c1-14(2)22-16(23)13-25-18(17(22)15-9-5-4-6-10-15)19(24)21-20(3)11-7-8-12-20/h4-6,9-10,14,17-18H,7-8,11-13H2,1-3H3,(H,21,24). The van der Waals surface area contributed by atoms with Gasteiger partial charge >= 0.3 is 0 Å². The van der Waals surface area contributed by atoms with Gasteiger partial charge in [0.15, 0.2) is 6.10 Å². The molecule has 0 radical (unpaired) electrons. The van der Waals surface area contributed by atoms with E-state index in [9.17, 15) is 9.59 Å². The van der Waals surface area contributed by atoms with Crippen LogP contribution in [0.5, 0.6) is 0 Å². The molecule has 2 atom stereocenters. The molecule has 136 valence electrons. The summed E-state index contributed by atoms with van der Waals surface area (Å²) in [6.07, 6.45) is 3.59. The Labute approximate surface area is 149 Å². The van der Waals surface area contributed by atoms with E-state index in [1.54, 1.807) is 4.90 Å². The Hall–Kier alpha value is -1.88. The van der Waals surface area contributed by atoms with Crippen LogP contribution >= 0.6 is 0 Å². The molecule has 5 heteroatoms. The van der Waals surface area contributed by atoms with E-state index in [1.165, 1.54) is 0 Å². The molecule has 5 nitrogen and oxygen atoms in total. The summed E-state index contributed by atoms with van der Waals surface area (Å²) in [4.78, 5) is 27.3. The average Bonchev–Trinajstić information content (AvgIpc) is 3.00. The number of amides is 2. The van der Waals surface area contributed by atoms with Crippen LogP contribution < -0.4 is 5.32 Å². The van der Waals surface area contributed by atoms with Gasteiger partial charge in [0.05, 0.1) is 6.04 Å². The molecule has 2 fully saturated rings. The number of hydrogen-bond donors (Lipinski definition) is 1. The van der Waals surface area contributed by atoms with Gasteiger partial charge in [0.25, 0.3) is 5.91 Å². The minimum atomic E-state index is -0.681. The highest BCUT2D eigenvalue weighted by Crippen LogP contribution is 2.34. The minimum absolute atomic E-state index is 0.000951. The summed E-state index contributed by atoms with van der Waals surface area (Å²) < 4.78 is 5.75. The zero-order chi connectivity index (χ0) is 18.0. The van der Waals surface area contributed by atoms with Gasteiger partial charge in [-0.25, -0.2) is 0 Å². The van der Waals surface area contributed by atoms with Gasteiger partial charge in [-0.1, -0.05) is 43.2 Å². The topological polar surface area (TPSA) is 58.6 Å². The van der Waals surface area contributed by atoms with E-state index in [1.807, 2.05) is 44.2 Å². The van der Waals surface area contributed by atoms with Crippen LogP contribution in [0.15, 0.2) is 30.3 Å². The molecule has 1 saturated carbocycles. The maximum atomic E-state index is 13.0. The van der Waals surface area contributed by atoms with E-state index in [0.29, 0.717) is 0 Å². The molecule has 1 aromatic carbocycles. The lowest BCUT2D eigenvalue weighted by Gasteiger charge is -2.43. The number of benzene rings is 1. The Morgan fingerprint density at radius 2 is 1.88 bits per heavy atom. The van der Waals surface area contributed by atoms with Crippen LogP contribution in [0.25, 0.3) is 0 Å². The molecule has 0 bridgehead atoms. The molecule has 2 amide bonds. The second kappa shape index (κ2) is 7.16. The van der Waals surface area contributed by atoms with Crippen molar-refractivity contribution in [1.82, 2.24) is 10.2 Å². The number of ether oxygens (including phenoxy) is 1. The SMILES string of the molecule is CC(C)N1C(=O)COC(C(=O)NC2(C)CCCC2)C1c1ccccc1. The lowest BCUT2D eigenvalue weighted by Crippen LogP contribution is -2.58. The fraction of sp³-hybridized carbons (Fsp3) is 0.600. The van der Waals surface area contributed by atoms with Crippen LogP contribution in [0.1, 0.15) is 58.1 Å². The van der Waals surface area contributed by atoms with E-state index in [0.717, 1.165) is 31.2 Å². The second-order valence-electron chi connectivity index (χ2n) is 7.74. The van der Waals surface area contributed by atoms with Crippen molar-refractivity contribution in [2.24, 2.45) is 0 Å². The summed E-state index contributed by atoms with van der Waals surface area (Å²) in [5, 5.41) is 3.20. The molecule has 1 aliphatic carbocycles. The van der Waals surface area contributed by atoms with E-state index in [-0.39, 0.29) is 30.0 Å². The first-order chi connectivity index (χ1) is 11.9. The summed E-state index contributed by atoms with van der Waals surface area (Å²) in [5.74, 6) is -0.184. The van der Waals surface area contributed by atoms with E-state index in [4.69, 9.17) is 4.74 Å². The summed E-state index contributed by atoms with van der Waals surface area (Å²) in [6.45, 7) is 6.01. The summed E-state index contributed by atoms with van der Waals surface area (Å²) in [6, 6.07) is 9.31. The van der Waals surface area contributed by atoms with Crippen LogP contribution in [-0.2, 0) is 14.3 Å². The van der Waals surface area contributed by atoms with Crippen molar-refractivity contribution in [3.63, 3.8) is 0 Å². The van der Waals surface area contributed by atoms with Gasteiger partial charge in [-0.15, -0.1) is 0 Å². The van der Waals surface area contributed by atoms with Crippen molar-refractivity contribution < 1.29 is 14.3 Å². The number of nitrogens with one attached hydrogen (secondary N) is 1. The maximum absolute atomic E-state index is 13.0. The van der Waals surface area contributed by atoms with Crippen LogP contribution in [0.4, 0.5) is 0 Å². The number of carbonyl (C=O) groups excluding carboxylic acids is 2. The van der Waals surface area contributed by atoms with Crippen LogP contribution in [0.2, 0.25) is 0 Å². The molecule has 1 heterocycles. The van der Waals surface area contributed by atoms with Crippen LogP contribution in [0, 0.1) is 0 Å². The van der Waals surface area contributed by atoms with Gasteiger partial charge in [0, 0.05) is 11.6 Å². The highest BCUT2D eigenvalue weighted by atomic mass is 16.5. The molecule has 1 aromatic rings. The fourth-order valence-corrected chi connectivity index (χ4v) is 4.09. The van der Waals surface area contributed by atoms with Crippen LogP contribution in [0.3, 0.4) is 0 Å². The predicted molar refractivity (Wildman–Crippen MR) is 95.9 cm³/mol. The normalized spacial score (nSPS) is 26.1. The maximum Gasteiger partial charge on any atom is 0.252 e. The molecular formula is C20H28N2O3. The molecule has 3 rings (SSSR count). The van der Waals surface area contributed by atoms with Gasteiger partial charge in [0.2, 0.25) is 5.91 Å². The Morgan fingerprint density at radius 1 is 1.24 bits per heavy atom. The van der Waals surface area contributed by atoms with Crippen molar-refractivity contribution >= 4 is 11.8 Å². The number of morpholine rings is 1. The Balaban J connectivity index is 1.89. The monoisotopic (exact) mass is 344 g/mol. The molecule has 2 aliphatic rings. The molecular weight excluding hydrogens is 316 g/mol. The summed E-state index contributed by atoms with van der Waals surface area (Å²) in [7, 11) is 0. The van der Waals surface area contributed by atoms with E-state index in [2.05, 4.69) is 12.2 Å². The van der Waals surface area contributed by atoms with E-state index < -0.39 is 12.1 Å². The largest absolute Gasteiger partial charge is 0.356 e. The molecule has 1 aliphatic heterocycles. The number of rotatable bonds is 4. The van der Waals surface area contributed by atoms with Crippen LogP contribution in [-0.4, -0.2) is 41.0 Å². The second-order valence-corrected chi connectivity index (χ2v) is 7.74. The third-order valence-corrected chi connectivity index (χ3v) is 5.35. The van der Waals surface area contributed by atoms with Gasteiger partial charge in [-0.3, -0.25) is 9.59 Å². The molecule has 1 saturated heterocycles. The van der Waals surface area contributed by atoms with Gasteiger partial charge in [-0.05, 0) is 39.2 Å². The fourth-order valence-electron chi connectivity index (χ4n) is 4.09. The first-order valence-corrected chi connectivity index (χ1v) is 9.21. The van der Waals surface area contributed by atoms with Crippen molar-refractivity contribution in [2.45, 2.75) is 70.2 Å². The molecule has 2 unspecified atom stereocenters. The minimum Gasteiger partial charge on any atom is -0.356 e. The average molecular weight is 344 g/mol. The van der Waals surface area contributed by atoms with Crippen molar-refractivity contribution in [2.75, 3.05) is 6.61 Å². The molecule has 1 N–H and O–H groups in total. The zero-order valence-electron chi connectivity index (χ0n) is 15.3. The zero-order valence-corrected chi connectivity index (χ0v) is 15.3. The molecule has 0 spiro atoms. The van der Waals surface area contributed by atoms with Crippen molar-refractivity contribution in [1.29, 1.82) is 0 Å². The predicted octanol–water partition coefficient (Wildman–Crippen LogP) is 2.81. The van der Waals surface area contributed by atoms with Crippen molar-refractivity contribution in [3.05, 3.63) is 35.9 Å².